The number of fused-ring (bicyclic) bond motifs is 1. The number of ketones is 1. The van der Waals surface area contributed by atoms with Gasteiger partial charge in [-0.3, -0.25) is 4.79 Å². The summed E-state index contributed by atoms with van der Waals surface area (Å²) in [6, 6.07) is 11.1. The van der Waals surface area contributed by atoms with Gasteiger partial charge in [0.2, 0.25) is 5.78 Å². The summed E-state index contributed by atoms with van der Waals surface area (Å²) in [4.78, 5) is 14.0. The van der Waals surface area contributed by atoms with Gasteiger partial charge in [-0.2, -0.15) is 0 Å². The summed E-state index contributed by atoms with van der Waals surface area (Å²) in [6.07, 6.45) is 1.83. The van der Waals surface area contributed by atoms with Crippen molar-refractivity contribution in [2.75, 3.05) is 7.11 Å². The Labute approximate surface area is 140 Å². The summed E-state index contributed by atoms with van der Waals surface area (Å²) < 4.78 is 5.83. The van der Waals surface area contributed by atoms with Crippen molar-refractivity contribution < 1.29 is 14.6 Å². The molecule has 0 radical (unpaired) electrons. The smallest absolute Gasteiger partial charge is 0.200 e. The summed E-state index contributed by atoms with van der Waals surface area (Å²) in [5.74, 6) is 0.563. The van der Waals surface area contributed by atoms with Crippen LogP contribution in [0, 0.1) is 3.57 Å². The molecule has 3 rings (SSSR count). The first kappa shape index (κ1) is 14.5. The van der Waals surface area contributed by atoms with E-state index in [4.69, 9.17) is 4.74 Å². The molecule has 2 aromatic carbocycles. The van der Waals surface area contributed by atoms with Gasteiger partial charge < -0.3 is 9.84 Å². The molecule has 0 saturated carbocycles. The molecular weight excluding hydrogens is 399 g/mol. The van der Waals surface area contributed by atoms with Crippen LogP contribution in [0.15, 0.2) is 46.2 Å². The van der Waals surface area contributed by atoms with Crippen molar-refractivity contribution in [3.8, 4) is 11.5 Å². The predicted octanol–water partition coefficient (Wildman–Crippen LogP) is 4.33. The zero-order valence-corrected chi connectivity index (χ0v) is 14.1. The van der Waals surface area contributed by atoms with E-state index in [0.29, 0.717) is 14.2 Å². The van der Waals surface area contributed by atoms with E-state index in [0.717, 1.165) is 16.0 Å². The van der Waals surface area contributed by atoms with Crippen molar-refractivity contribution >= 4 is 46.2 Å². The van der Waals surface area contributed by atoms with Gasteiger partial charge >= 0.3 is 0 Å². The number of phenolic OH excluding ortho intramolecular Hbond substituents is 1. The number of hydrogen-bond acceptors (Lipinski definition) is 4. The first-order chi connectivity index (χ1) is 10.1. The zero-order valence-electron chi connectivity index (χ0n) is 11.1. The Hall–Kier alpha value is -1.47. The van der Waals surface area contributed by atoms with E-state index in [1.54, 1.807) is 6.07 Å². The number of hydrogen-bond donors (Lipinski definition) is 1. The van der Waals surface area contributed by atoms with Crippen molar-refractivity contribution in [2.45, 2.75) is 4.90 Å². The molecule has 3 nitrogen and oxygen atoms in total. The highest BCUT2D eigenvalue weighted by Gasteiger charge is 2.25. The first-order valence-corrected chi connectivity index (χ1v) is 8.09. The zero-order chi connectivity index (χ0) is 15.0. The summed E-state index contributed by atoms with van der Waals surface area (Å²) >= 11 is 3.51. The van der Waals surface area contributed by atoms with Crippen molar-refractivity contribution in [2.24, 2.45) is 0 Å². The lowest BCUT2D eigenvalue weighted by Crippen LogP contribution is -1.94. The SMILES string of the molecule is COc1cc(/C=C2/Sc3ccccc3C2=O)cc(I)c1O. The van der Waals surface area contributed by atoms with Crippen molar-refractivity contribution in [3.05, 3.63) is 56.0 Å². The van der Waals surface area contributed by atoms with Gasteiger partial charge in [0.25, 0.3) is 0 Å². The Morgan fingerprint density at radius 1 is 1.29 bits per heavy atom. The molecule has 1 aliphatic rings. The highest BCUT2D eigenvalue weighted by molar-refractivity contribution is 14.1. The molecule has 2 aromatic rings. The molecule has 0 bridgehead atoms. The summed E-state index contributed by atoms with van der Waals surface area (Å²) in [5.41, 5.74) is 1.58. The van der Waals surface area contributed by atoms with Crippen LogP contribution in [-0.4, -0.2) is 18.0 Å². The van der Waals surface area contributed by atoms with Gasteiger partial charge in [-0.15, -0.1) is 0 Å². The van der Waals surface area contributed by atoms with E-state index in [1.807, 2.05) is 59.0 Å². The van der Waals surface area contributed by atoms with Crippen molar-refractivity contribution in [1.29, 1.82) is 0 Å². The molecule has 0 unspecified atom stereocenters. The first-order valence-electron chi connectivity index (χ1n) is 6.20. The lowest BCUT2D eigenvalue weighted by molar-refractivity contribution is 0.104. The van der Waals surface area contributed by atoms with E-state index in [-0.39, 0.29) is 11.5 Å². The summed E-state index contributed by atoms with van der Waals surface area (Å²) in [7, 11) is 1.51. The highest BCUT2D eigenvalue weighted by Crippen LogP contribution is 2.41. The second-order valence-corrected chi connectivity index (χ2v) is 6.74. The van der Waals surface area contributed by atoms with Gasteiger partial charge in [-0.05, 0) is 58.5 Å². The van der Waals surface area contributed by atoms with E-state index >= 15 is 0 Å². The quantitative estimate of drug-likeness (QED) is 0.592. The molecule has 0 saturated heterocycles. The molecule has 0 aromatic heterocycles. The molecule has 5 heteroatoms. The number of carbonyl (C=O) groups excluding carboxylic acids is 1. The minimum Gasteiger partial charge on any atom is -0.504 e. The molecule has 21 heavy (non-hydrogen) atoms. The normalized spacial score (nSPS) is 15.3. The second kappa shape index (κ2) is 5.73. The van der Waals surface area contributed by atoms with Gasteiger partial charge in [0.1, 0.15) is 0 Å². The number of halogens is 1. The minimum absolute atomic E-state index is 0.0395. The Balaban J connectivity index is 2.01. The second-order valence-electron chi connectivity index (χ2n) is 4.49. The summed E-state index contributed by atoms with van der Waals surface area (Å²) in [6.45, 7) is 0. The van der Waals surface area contributed by atoms with Gasteiger partial charge in [0.05, 0.1) is 15.6 Å². The van der Waals surface area contributed by atoms with Gasteiger partial charge in [0.15, 0.2) is 11.5 Å². The number of aromatic hydroxyl groups is 1. The lowest BCUT2D eigenvalue weighted by atomic mass is 10.1. The number of Topliss-reactive ketones (excluding diaryl/α,β-unsaturated/α-hetero) is 1. The summed E-state index contributed by atoms with van der Waals surface area (Å²) in [5, 5.41) is 9.85. The standard InChI is InChI=1S/C16H11IO3S/c1-20-12-7-9(6-11(17)16(12)19)8-14-15(18)10-4-2-3-5-13(10)21-14/h2-8,19H,1H3/b14-8+. The number of rotatable bonds is 2. The number of carbonyl (C=O) groups is 1. The van der Waals surface area contributed by atoms with Crippen molar-refractivity contribution in [1.82, 2.24) is 0 Å². The maximum absolute atomic E-state index is 12.3. The average molecular weight is 410 g/mol. The maximum Gasteiger partial charge on any atom is 0.200 e. The molecule has 0 amide bonds. The van der Waals surface area contributed by atoms with Crippen LogP contribution >= 0.6 is 34.4 Å². The monoisotopic (exact) mass is 410 g/mol. The number of thioether (sulfide) groups is 1. The van der Waals surface area contributed by atoms with Crippen LogP contribution in [0.2, 0.25) is 0 Å². The van der Waals surface area contributed by atoms with E-state index in [9.17, 15) is 9.90 Å². The number of methoxy groups -OCH3 is 1. The Bertz CT molecular complexity index is 768. The molecule has 0 atom stereocenters. The fraction of sp³-hybridized carbons (Fsp3) is 0.0625. The maximum atomic E-state index is 12.3. The van der Waals surface area contributed by atoms with Crippen molar-refractivity contribution in [3.63, 3.8) is 0 Å². The van der Waals surface area contributed by atoms with E-state index in [1.165, 1.54) is 18.9 Å². The molecule has 0 fully saturated rings. The molecule has 0 aliphatic carbocycles. The molecule has 1 N–H and O–H groups in total. The van der Waals surface area contributed by atoms with Crippen LogP contribution < -0.4 is 4.74 Å². The third-order valence-electron chi connectivity index (χ3n) is 3.14. The largest absolute Gasteiger partial charge is 0.504 e. The van der Waals surface area contributed by atoms with E-state index in [2.05, 4.69) is 0 Å². The highest BCUT2D eigenvalue weighted by atomic mass is 127. The van der Waals surface area contributed by atoms with Gasteiger partial charge in [-0.25, -0.2) is 0 Å². The number of allylic oxidation sites excluding steroid dienone is 1. The number of phenols is 1. The third-order valence-corrected chi connectivity index (χ3v) is 5.07. The fourth-order valence-corrected chi connectivity index (χ4v) is 3.80. The third kappa shape index (κ3) is 2.67. The number of ether oxygens (including phenoxy) is 1. The van der Waals surface area contributed by atoms with E-state index < -0.39 is 0 Å². The Kier molecular flexibility index (Phi) is 3.95. The Morgan fingerprint density at radius 2 is 2.05 bits per heavy atom. The lowest BCUT2D eigenvalue weighted by Gasteiger charge is -2.07. The topological polar surface area (TPSA) is 46.5 Å². The molecule has 0 spiro atoms. The van der Waals surface area contributed by atoms with Crippen LogP contribution in [0.4, 0.5) is 0 Å². The fourth-order valence-electron chi connectivity index (χ4n) is 2.12. The van der Waals surface area contributed by atoms with Gasteiger partial charge in [0, 0.05) is 10.5 Å². The number of benzene rings is 2. The molecular formula is C16H11IO3S. The van der Waals surface area contributed by atoms with Gasteiger partial charge in [-0.1, -0.05) is 23.9 Å². The van der Waals surface area contributed by atoms with Crippen LogP contribution in [-0.2, 0) is 0 Å². The van der Waals surface area contributed by atoms with Crippen LogP contribution in [0.1, 0.15) is 15.9 Å². The van der Waals surface area contributed by atoms with Crippen LogP contribution in [0.25, 0.3) is 6.08 Å². The molecule has 1 heterocycles. The predicted molar refractivity (Wildman–Crippen MR) is 92.0 cm³/mol. The van der Waals surface area contributed by atoms with Crippen LogP contribution in [0.5, 0.6) is 11.5 Å². The Morgan fingerprint density at radius 3 is 2.76 bits per heavy atom. The minimum atomic E-state index is 0.0395. The van der Waals surface area contributed by atoms with Crippen LogP contribution in [0.3, 0.4) is 0 Å². The average Bonchev–Trinajstić information content (AvgIpc) is 2.79. The molecule has 106 valence electrons. The molecule has 1 aliphatic heterocycles.